The monoisotopic (exact) mass is 655 g/mol. The molecule has 3 heterocycles. The van der Waals surface area contributed by atoms with Gasteiger partial charge in [-0.05, 0) is 98.8 Å². The topological polar surface area (TPSA) is 102 Å². The van der Waals surface area contributed by atoms with Crippen LogP contribution in [0.4, 0.5) is 11.4 Å². The maximum atomic E-state index is 13.5. The highest BCUT2D eigenvalue weighted by atomic mass is 32.2. The van der Waals surface area contributed by atoms with Crippen LogP contribution in [0.25, 0.3) is 0 Å². The highest BCUT2D eigenvalue weighted by Crippen LogP contribution is 2.38. The Balaban J connectivity index is 1.25. The summed E-state index contributed by atoms with van der Waals surface area (Å²) in [7, 11) is -2.15. The van der Waals surface area contributed by atoms with E-state index in [-0.39, 0.29) is 16.7 Å². The van der Waals surface area contributed by atoms with Crippen molar-refractivity contribution in [1.82, 2.24) is 14.1 Å². The van der Waals surface area contributed by atoms with E-state index in [2.05, 4.69) is 10.2 Å². The molecule has 0 bridgehead atoms. The van der Waals surface area contributed by atoms with Gasteiger partial charge in [-0.1, -0.05) is 50.1 Å². The number of nitrogens with one attached hydrogen (secondary N) is 1. The quantitative estimate of drug-likeness (QED) is 0.268. The molecule has 10 heteroatoms. The van der Waals surface area contributed by atoms with E-state index in [4.69, 9.17) is 4.99 Å². The first-order valence-corrected chi connectivity index (χ1v) is 18.4. The van der Waals surface area contributed by atoms with Crippen molar-refractivity contribution in [1.29, 1.82) is 0 Å². The summed E-state index contributed by atoms with van der Waals surface area (Å²) in [5, 5.41) is 2.93. The van der Waals surface area contributed by atoms with Crippen molar-refractivity contribution in [3.05, 3.63) is 89.5 Å². The number of amides is 2. The second-order valence-corrected chi connectivity index (χ2v) is 14.9. The Hall–Kier alpha value is -3.86. The van der Waals surface area contributed by atoms with Gasteiger partial charge in [-0.2, -0.15) is 0 Å². The molecule has 0 aromatic heterocycles. The summed E-state index contributed by atoms with van der Waals surface area (Å²) < 4.78 is 28.2. The number of carbonyl (C=O) groups is 2. The maximum Gasteiger partial charge on any atom is 0.253 e. The number of likely N-dealkylation sites (tertiary alicyclic amines) is 2. The Morgan fingerprint density at radius 3 is 2.30 bits per heavy atom. The molecule has 3 aliphatic rings. The SMILES string of the molecule is CCCCN(C)S(=O)(=O)c1ccc2c(c1)C(C(=Nc1ccc(C(=O)N3CCC(N4CCCCC4)CC3)cc1)c1ccccc1)C(=O)N2. The summed E-state index contributed by atoms with van der Waals surface area (Å²) in [5.41, 5.74) is 3.63. The van der Waals surface area contributed by atoms with Crippen LogP contribution in [0.2, 0.25) is 0 Å². The molecule has 3 aromatic carbocycles. The van der Waals surface area contributed by atoms with Gasteiger partial charge in [-0.25, -0.2) is 12.7 Å². The van der Waals surface area contributed by atoms with Crippen molar-refractivity contribution < 1.29 is 18.0 Å². The molecule has 1 atom stereocenters. The first-order valence-electron chi connectivity index (χ1n) is 16.9. The van der Waals surface area contributed by atoms with Crippen LogP contribution in [0.5, 0.6) is 0 Å². The number of anilines is 1. The molecule has 47 heavy (non-hydrogen) atoms. The van der Waals surface area contributed by atoms with Gasteiger partial charge in [0.15, 0.2) is 0 Å². The molecule has 248 valence electrons. The van der Waals surface area contributed by atoms with Gasteiger partial charge in [-0.3, -0.25) is 14.6 Å². The lowest BCUT2D eigenvalue weighted by Gasteiger charge is -2.40. The minimum absolute atomic E-state index is 0.0302. The van der Waals surface area contributed by atoms with Crippen molar-refractivity contribution in [3.63, 3.8) is 0 Å². The van der Waals surface area contributed by atoms with Crippen LogP contribution in [0, 0.1) is 0 Å². The Labute approximate surface area is 278 Å². The number of sulfonamides is 1. The van der Waals surface area contributed by atoms with Crippen LogP contribution in [-0.2, 0) is 14.8 Å². The molecule has 0 spiro atoms. The first kappa shape index (κ1) is 33.1. The van der Waals surface area contributed by atoms with Crippen LogP contribution >= 0.6 is 0 Å². The summed E-state index contributed by atoms with van der Waals surface area (Å²) in [6, 6.07) is 22.1. The third-order valence-corrected chi connectivity index (χ3v) is 11.6. The Bertz CT molecular complexity index is 1710. The second kappa shape index (κ2) is 14.5. The molecular weight excluding hydrogens is 611 g/mol. The molecule has 1 N–H and O–H groups in total. The van der Waals surface area contributed by atoms with E-state index >= 15 is 0 Å². The molecule has 2 saturated heterocycles. The molecule has 2 fully saturated rings. The van der Waals surface area contributed by atoms with Crippen molar-refractivity contribution in [3.8, 4) is 0 Å². The van der Waals surface area contributed by atoms with Crippen LogP contribution in [0.1, 0.15) is 79.3 Å². The highest BCUT2D eigenvalue weighted by molar-refractivity contribution is 7.89. The van der Waals surface area contributed by atoms with Crippen molar-refractivity contribution in [2.75, 3.05) is 45.1 Å². The number of hydrogen-bond donors (Lipinski definition) is 1. The number of fused-ring (bicyclic) bond motifs is 1. The van der Waals surface area contributed by atoms with Gasteiger partial charge in [0.05, 0.1) is 16.3 Å². The predicted molar refractivity (Wildman–Crippen MR) is 186 cm³/mol. The van der Waals surface area contributed by atoms with E-state index in [1.54, 1.807) is 37.4 Å². The third-order valence-electron chi connectivity index (χ3n) is 9.75. The molecule has 0 saturated carbocycles. The fourth-order valence-electron chi connectivity index (χ4n) is 6.97. The number of nitrogens with zero attached hydrogens (tertiary/aromatic N) is 4. The molecule has 3 aromatic rings. The number of carbonyl (C=O) groups excluding carboxylic acids is 2. The van der Waals surface area contributed by atoms with E-state index in [0.717, 1.165) is 44.3 Å². The number of unbranched alkanes of at least 4 members (excludes halogenated alkanes) is 1. The number of hydrogen-bond acceptors (Lipinski definition) is 6. The molecule has 6 rings (SSSR count). The minimum Gasteiger partial charge on any atom is -0.339 e. The van der Waals surface area contributed by atoms with Crippen LogP contribution in [0.15, 0.2) is 82.7 Å². The Morgan fingerprint density at radius 2 is 1.62 bits per heavy atom. The average molecular weight is 656 g/mol. The van der Waals surface area contributed by atoms with Gasteiger partial charge in [0.25, 0.3) is 5.91 Å². The van der Waals surface area contributed by atoms with Gasteiger partial charge in [0.1, 0.15) is 5.92 Å². The molecule has 2 amide bonds. The normalized spacial score (nSPS) is 19.6. The van der Waals surface area contributed by atoms with Gasteiger partial charge in [0, 0.05) is 44.0 Å². The van der Waals surface area contributed by atoms with Gasteiger partial charge in [-0.15, -0.1) is 0 Å². The van der Waals surface area contributed by atoms with E-state index in [0.29, 0.717) is 40.8 Å². The van der Waals surface area contributed by atoms with E-state index in [9.17, 15) is 18.0 Å². The van der Waals surface area contributed by atoms with Crippen molar-refractivity contribution in [2.45, 2.75) is 68.7 Å². The summed E-state index contributed by atoms with van der Waals surface area (Å²) >= 11 is 0. The van der Waals surface area contributed by atoms with Crippen molar-refractivity contribution >= 4 is 38.9 Å². The zero-order valence-electron chi connectivity index (χ0n) is 27.4. The molecule has 1 unspecified atom stereocenters. The molecule has 0 aliphatic carbocycles. The number of aliphatic imine (C=N–C) groups is 1. The fraction of sp³-hybridized carbons (Fsp3) is 0.432. The molecular formula is C37H45N5O4S. The van der Waals surface area contributed by atoms with Crippen LogP contribution < -0.4 is 5.32 Å². The second-order valence-electron chi connectivity index (χ2n) is 12.9. The van der Waals surface area contributed by atoms with E-state index in [1.165, 1.54) is 36.7 Å². The van der Waals surface area contributed by atoms with Crippen LogP contribution in [-0.4, -0.2) is 85.9 Å². The lowest BCUT2D eigenvalue weighted by molar-refractivity contribution is -0.115. The van der Waals surface area contributed by atoms with E-state index < -0.39 is 15.9 Å². The zero-order chi connectivity index (χ0) is 33.0. The highest BCUT2D eigenvalue weighted by Gasteiger charge is 2.37. The largest absolute Gasteiger partial charge is 0.339 e. The summed E-state index contributed by atoms with van der Waals surface area (Å²) in [6.07, 6.45) is 7.54. The molecule has 0 radical (unpaired) electrons. The Morgan fingerprint density at radius 1 is 0.915 bits per heavy atom. The standard InChI is InChI=1S/C37H45N5O4S/c1-3-4-21-40(2)47(45,46)31-17-18-33-32(26-31)34(36(43)39-33)35(27-11-7-5-8-12-27)38-29-15-13-28(14-16-29)37(44)42-24-19-30(20-25-42)41-22-9-6-10-23-41/h5,7-8,11-18,26,30,34H,3-4,6,9-10,19-25H2,1-2H3,(H,39,43). The minimum atomic E-state index is -3.74. The predicted octanol–water partition coefficient (Wildman–Crippen LogP) is 6.05. The number of piperidine rings is 2. The average Bonchev–Trinajstić information content (AvgIpc) is 3.44. The van der Waals surface area contributed by atoms with Crippen molar-refractivity contribution in [2.24, 2.45) is 4.99 Å². The molecule has 3 aliphatic heterocycles. The smallest absolute Gasteiger partial charge is 0.253 e. The third kappa shape index (κ3) is 7.20. The fourth-order valence-corrected chi connectivity index (χ4v) is 8.22. The lowest BCUT2D eigenvalue weighted by atomic mass is 9.90. The van der Waals surface area contributed by atoms with Crippen LogP contribution in [0.3, 0.4) is 0 Å². The van der Waals surface area contributed by atoms with Gasteiger partial charge >= 0.3 is 0 Å². The first-order chi connectivity index (χ1) is 22.8. The van der Waals surface area contributed by atoms with Gasteiger partial charge in [0.2, 0.25) is 15.9 Å². The maximum absolute atomic E-state index is 13.5. The number of benzene rings is 3. The zero-order valence-corrected chi connectivity index (χ0v) is 28.2. The van der Waals surface area contributed by atoms with E-state index in [1.807, 2.05) is 54.3 Å². The summed E-state index contributed by atoms with van der Waals surface area (Å²) in [6.45, 7) is 6.32. The lowest BCUT2D eigenvalue weighted by Crippen LogP contribution is -2.48. The molecule has 9 nitrogen and oxygen atoms in total. The number of rotatable bonds is 10. The Kier molecular flexibility index (Phi) is 10.2. The summed E-state index contributed by atoms with van der Waals surface area (Å²) in [5.74, 6) is -1.05. The summed E-state index contributed by atoms with van der Waals surface area (Å²) in [4.78, 5) is 36.6. The van der Waals surface area contributed by atoms with Gasteiger partial charge < -0.3 is 15.1 Å².